The van der Waals surface area contributed by atoms with Gasteiger partial charge in [-0.1, -0.05) is 52.7 Å². The lowest BCUT2D eigenvalue weighted by Crippen LogP contribution is -3.00. The van der Waals surface area contributed by atoms with Crippen LogP contribution in [0.15, 0.2) is 18.2 Å². The van der Waals surface area contributed by atoms with E-state index in [4.69, 9.17) is 4.74 Å². The van der Waals surface area contributed by atoms with Crippen molar-refractivity contribution in [3.05, 3.63) is 29.3 Å². The van der Waals surface area contributed by atoms with E-state index >= 15 is 0 Å². The molecule has 30 heavy (non-hydrogen) atoms. The number of aryl methyl sites for hydroxylation is 1. The molecular formula is C25H45BrN2O2. The molecule has 0 saturated heterocycles. The summed E-state index contributed by atoms with van der Waals surface area (Å²) >= 11 is 0. The van der Waals surface area contributed by atoms with Crippen molar-refractivity contribution < 1.29 is 31.0 Å². The summed E-state index contributed by atoms with van der Waals surface area (Å²) in [6.45, 7) is 14.8. The Morgan fingerprint density at radius 2 is 1.67 bits per heavy atom. The van der Waals surface area contributed by atoms with Crippen LogP contribution in [-0.4, -0.2) is 62.2 Å². The Balaban J connectivity index is 0.00000841. The van der Waals surface area contributed by atoms with Crippen LogP contribution in [0.3, 0.4) is 0 Å². The molecule has 0 heterocycles. The zero-order valence-corrected chi connectivity index (χ0v) is 22.1. The first kappa shape index (κ1) is 28.9. The predicted octanol–water partition coefficient (Wildman–Crippen LogP) is 2.40. The molecule has 0 aliphatic heterocycles. The van der Waals surface area contributed by atoms with E-state index < -0.39 is 0 Å². The van der Waals surface area contributed by atoms with Gasteiger partial charge in [-0.3, -0.25) is 4.79 Å². The molecule has 1 aromatic rings. The number of amides is 1. The lowest BCUT2D eigenvalue weighted by atomic mass is 10.0. The molecule has 0 bridgehead atoms. The van der Waals surface area contributed by atoms with Gasteiger partial charge in [-0.25, -0.2) is 0 Å². The van der Waals surface area contributed by atoms with Crippen LogP contribution in [0.2, 0.25) is 0 Å². The molecule has 0 radical (unpaired) electrons. The van der Waals surface area contributed by atoms with Crippen LogP contribution < -0.4 is 21.7 Å². The van der Waals surface area contributed by atoms with E-state index in [0.717, 1.165) is 57.5 Å². The number of ether oxygens (including phenoxy) is 1. The first-order valence-electron chi connectivity index (χ1n) is 11.5. The zero-order valence-electron chi connectivity index (χ0n) is 20.5. The van der Waals surface area contributed by atoms with Gasteiger partial charge in [0.2, 0.25) is 0 Å². The number of hydrogen-bond donors (Lipinski definition) is 0. The molecule has 0 aromatic heterocycles. The smallest absolute Gasteiger partial charge is 0.277 e. The quantitative estimate of drug-likeness (QED) is 0.299. The highest BCUT2D eigenvalue weighted by atomic mass is 79.9. The number of nitrogens with zero attached hydrogens (tertiary/aromatic N) is 2. The maximum absolute atomic E-state index is 12.9. The van der Waals surface area contributed by atoms with Crippen LogP contribution >= 0.6 is 0 Å². The number of rotatable bonds is 14. The number of benzene rings is 1. The lowest BCUT2D eigenvalue weighted by Gasteiger charge is -2.32. The SMILES string of the molecule is CCCCN(CCCC)C(=O)C[N+](C)(C)CCCOc1cc(C)ccc1C(C)C.[Br-]. The Morgan fingerprint density at radius 3 is 2.20 bits per heavy atom. The van der Waals surface area contributed by atoms with Crippen LogP contribution in [-0.2, 0) is 4.79 Å². The first-order chi connectivity index (χ1) is 13.7. The van der Waals surface area contributed by atoms with Crippen LogP contribution in [0.25, 0.3) is 0 Å². The minimum Gasteiger partial charge on any atom is -1.00 e. The van der Waals surface area contributed by atoms with Crippen molar-refractivity contribution in [1.29, 1.82) is 0 Å². The van der Waals surface area contributed by atoms with E-state index in [1.807, 2.05) is 0 Å². The second-order valence-electron chi connectivity index (χ2n) is 9.30. The number of carbonyl (C=O) groups excluding carboxylic acids is 1. The largest absolute Gasteiger partial charge is 1.00 e. The third-order valence-electron chi connectivity index (χ3n) is 5.44. The third kappa shape index (κ3) is 10.8. The standard InChI is InChI=1S/C25H45N2O2.BrH/c1-8-10-15-26(16-11-9-2)25(28)20-27(6,7)17-12-18-29-24-19-22(5)13-14-23(24)21(3)4;/h13-14,19,21H,8-12,15-18,20H2,1-7H3;1H/q+1;/p-1. The van der Waals surface area contributed by atoms with E-state index in [-0.39, 0.29) is 17.0 Å². The molecule has 1 rings (SSSR count). The monoisotopic (exact) mass is 484 g/mol. The van der Waals surface area contributed by atoms with Crippen molar-refractivity contribution >= 4 is 5.91 Å². The Hall–Kier alpha value is -1.07. The average Bonchev–Trinajstić information content (AvgIpc) is 2.64. The van der Waals surface area contributed by atoms with E-state index in [2.05, 4.69) is 71.8 Å². The highest BCUT2D eigenvalue weighted by Gasteiger charge is 2.24. The Labute approximate surface area is 196 Å². The summed E-state index contributed by atoms with van der Waals surface area (Å²) in [4.78, 5) is 14.9. The van der Waals surface area contributed by atoms with Gasteiger partial charge in [-0.2, -0.15) is 0 Å². The lowest BCUT2D eigenvalue weighted by molar-refractivity contribution is -0.882. The molecule has 1 aromatic carbocycles. The van der Waals surface area contributed by atoms with Gasteiger partial charge in [0.1, 0.15) is 5.75 Å². The summed E-state index contributed by atoms with van der Waals surface area (Å²) in [5, 5.41) is 0. The number of quaternary nitrogens is 1. The predicted molar refractivity (Wildman–Crippen MR) is 124 cm³/mol. The van der Waals surface area contributed by atoms with Gasteiger partial charge in [0.15, 0.2) is 6.54 Å². The molecule has 4 nitrogen and oxygen atoms in total. The van der Waals surface area contributed by atoms with Crippen molar-refractivity contribution in [2.75, 3.05) is 46.9 Å². The fourth-order valence-corrected chi connectivity index (χ4v) is 3.52. The molecule has 5 heteroatoms. The van der Waals surface area contributed by atoms with E-state index in [1.165, 1.54) is 11.1 Å². The summed E-state index contributed by atoms with van der Waals surface area (Å²) in [5.41, 5.74) is 2.49. The first-order valence-corrected chi connectivity index (χ1v) is 11.5. The molecule has 0 saturated carbocycles. The van der Waals surface area contributed by atoms with Crippen LogP contribution in [0.1, 0.15) is 76.8 Å². The molecule has 0 N–H and O–H groups in total. The molecule has 0 atom stereocenters. The Bertz CT molecular complexity index is 609. The third-order valence-corrected chi connectivity index (χ3v) is 5.44. The average molecular weight is 486 g/mol. The fraction of sp³-hybridized carbons (Fsp3) is 0.720. The van der Waals surface area contributed by atoms with E-state index in [0.29, 0.717) is 29.5 Å². The minimum absolute atomic E-state index is 0. The summed E-state index contributed by atoms with van der Waals surface area (Å²) in [7, 11) is 4.31. The zero-order chi connectivity index (χ0) is 21.9. The number of unbranched alkanes of at least 4 members (excludes halogenated alkanes) is 2. The van der Waals surface area contributed by atoms with Crippen molar-refractivity contribution in [3.8, 4) is 5.75 Å². The summed E-state index contributed by atoms with van der Waals surface area (Å²) in [5.74, 6) is 1.75. The molecular weight excluding hydrogens is 440 g/mol. The second-order valence-corrected chi connectivity index (χ2v) is 9.30. The van der Waals surface area contributed by atoms with Crippen LogP contribution in [0.5, 0.6) is 5.75 Å². The maximum Gasteiger partial charge on any atom is 0.277 e. The molecule has 0 aliphatic rings. The van der Waals surface area contributed by atoms with Gasteiger partial charge < -0.3 is 31.1 Å². The topological polar surface area (TPSA) is 29.5 Å². The highest BCUT2D eigenvalue weighted by Crippen LogP contribution is 2.27. The Morgan fingerprint density at radius 1 is 1.07 bits per heavy atom. The van der Waals surface area contributed by atoms with Gasteiger partial charge >= 0.3 is 0 Å². The molecule has 0 fully saturated rings. The molecule has 0 unspecified atom stereocenters. The number of halogens is 1. The number of hydrogen-bond acceptors (Lipinski definition) is 2. The van der Waals surface area contributed by atoms with Gasteiger partial charge in [0.05, 0.1) is 27.2 Å². The minimum atomic E-state index is 0. The van der Waals surface area contributed by atoms with Crippen molar-refractivity contribution in [2.45, 2.75) is 72.6 Å². The molecule has 1 amide bonds. The maximum atomic E-state index is 12.9. The number of likely N-dealkylation sites (N-methyl/N-ethyl adjacent to an activating group) is 1. The van der Waals surface area contributed by atoms with E-state index in [9.17, 15) is 4.79 Å². The molecule has 0 aliphatic carbocycles. The normalized spacial score (nSPS) is 11.3. The van der Waals surface area contributed by atoms with Gasteiger partial charge in [0, 0.05) is 19.5 Å². The van der Waals surface area contributed by atoms with Crippen molar-refractivity contribution in [3.63, 3.8) is 0 Å². The van der Waals surface area contributed by atoms with Crippen molar-refractivity contribution in [1.82, 2.24) is 4.90 Å². The summed E-state index contributed by atoms with van der Waals surface area (Å²) in [6, 6.07) is 6.46. The fourth-order valence-electron chi connectivity index (χ4n) is 3.52. The highest BCUT2D eigenvalue weighted by molar-refractivity contribution is 5.77. The van der Waals surface area contributed by atoms with Crippen LogP contribution in [0, 0.1) is 6.92 Å². The Kier molecular flexibility index (Phi) is 14.3. The second kappa shape index (κ2) is 14.9. The molecule has 174 valence electrons. The summed E-state index contributed by atoms with van der Waals surface area (Å²) in [6.07, 6.45) is 5.37. The van der Waals surface area contributed by atoms with Gasteiger partial charge in [-0.15, -0.1) is 0 Å². The van der Waals surface area contributed by atoms with E-state index in [1.54, 1.807) is 0 Å². The molecule has 0 spiro atoms. The number of carbonyl (C=O) groups is 1. The summed E-state index contributed by atoms with van der Waals surface area (Å²) < 4.78 is 6.84. The van der Waals surface area contributed by atoms with Gasteiger partial charge in [-0.05, 0) is 42.9 Å². The van der Waals surface area contributed by atoms with Crippen molar-refractivity contribution in [2.24, 2.45) is 0 Å². The van der Waals surface area contributed by atoms with Gasteiger partial charge in [0.25, 0.3) is 5.91 Å². The van der Waals surface area contributed by atoms with Crippen LogP contribution in [0.4, 0.5) is 0 Å².